The van der Waals surface area contributed by atoms with Gasteiger partial charge in [0.05, 0.1) is 5.69 Å². The average Bonchev–Trinajstić information content (AvgIpc) is 2.47. The van der Waals surface area contributed by atoms with Crippen molar-refractivity contribution >= 4 is 5.95 Å². The summed E-state index contributed by atoms with van der Waals surface area (Å²) < 4.78 is 0. The highest BCUT2D eigenvalue weighted by atomic mass is 15.0. The first-order valence-electron chi connectivity index (χ1n) is 4.45. The number of anilines is 1. The van der Waals surface area contributed by atoms with Crippen molar-refractivity contribution in [3.05, 3.63) is 41.5 Å². The number of hydrogen-bond acceptors (Lipinski definition) is 3. The molecule has 0 spiro atoms. The molecule has 0 aliphatic rings. The molecular formula is C10H12N4. The summed E-state index contributed by atoms with van der Waals surface area (Å²) in [5, 5.41) is 0. The average molecular weight is 188 g/mol. The lowest BCUT2D eigenvalue weighted by atomic mass is 10.1. The molecule has 14 heavy (non-hydrogen) atoms. The molecule has 0 aliphatic carbocycles. The van der Waals surface area contributed by atoms with E-state index in [1.807, 2.05) is 19.1 Å². The number of imidazole rings is 1. The number of hydrogen-bond donors (Lipinski definition) is 2. The molecule has 0 atom stereocenters. The zero-order chi connectivity index (χ0) is 9.97. The van der Waals surface area contributed by atoms with E-state index in [1.165, 1.54) is 5.56 Å². The maximum atomic E-state index is 5.55. The highest BCUT2D eigenvalue weighted by Crippen LogP contribution is 2.11. The molecule has 4 nitrogen and oxygen atoms in total. The minimum absolute atomic E-state index is 0.478. The number of aromatic amines is 1. The number of nitrogens with zero attached hydrogens (tertiary/aromatic N) is 2. The van der Waals surface area contributed by atoms with Crippen LogP contribution in [0.2, 0.25) is 0 Å². The van der Waals surface area contributed by atoms with Crippen molar-refractivity contribution in [3.8, 4) is 0 Å². The van der Waals surface area contributed by atoms with Gasteiger partial charge in [0.15, 0.2) is 5.95 Å². The van der Waals surface area contributed by atoms with Crippen molar-refractivity contribution in [2.24, 2.45) is 0 Å². The third kappa shape index (κ3) is 1.74. The molecule has 0 saturated heterocycles. The van der Waals surface area contributed by atoms with Crippen LogP contribution in [0, 0.1) is 6.92 Å². The Hall–Kier alpha value is -1.84. The molecule has 0 radical (unpaired) electrons. The zero-order valence-electron chi connectivity index (χ0n) is 7.99. The number of H-pyrrole nitrogens is 1. The summed E-state index contributed by atoms with van der Waals surface area (Å²) in [5.74, 6) is 0.478. The lowest BCUT2D eigenvalue weighted by Crippen LogP contribution is -1.91. The number of nitrogens with one attached hydrogen (secondary N) is 1. The van der Waals surface area contributed by atoms with Crippen LogP contribution in [0.3, 0.4) is 0 Å². The summed E-state index contributed by atoms with van der Waals surface area (Å²) in [4.78, 5) is 11.1. The first-order valence-corrected chi connectivity index (χ1v) is 4.45. The topological polar surface area (TPSA) is 67.6 Å². The molecule has 3 N–H and O–H groups in total. The van der Waals surface area contributed by atoms with Crippen LogP contribution in [0.1, 0.15) is 17.0 Å². The second kappa shape index (κ2) is 3.49. The van der Waals surface area contributed by atoms with Crippen LogP contribution >= 0.6 is 0 Å². The molecule has 72 valence electrons. The maximum absolute atomic E-state index is 5.55. The highest BCUT2D eigenvalue weighted by molar-refractivity contribution is 5.29. The van der Waals surface area contributed by atoms with Crippen LogP contribution in [-0.4, -0.2) is 15.0 Å². The number of nitrogens with two attached hydrogens (primary N) is 1. The van der Waals surface area contributed by atoms with E-state index >= 15 is 0 Å². The number of nitrogen functional groups attached to an aromatic ring is 1. The largest absolute Gasteiger partial charge is 0.369 e. The fourth-order valence-electron chi connectivity index (χ4n) is 1.39. The lowest BCUT2D eigenvalue weighted by Gasteiger charge is -1.97. The fourth-order valence-corrected chi connectivity index (χ4v) is 1.39. The molecule has 0 amide bonds. The Labute approximate surface area is 82.2 Å². The standard InChI is InChI=1S/C10H12N4/c1-7-9(14-10(11)13-7)6-8-2-4-12-5-3-8/h2-5H,6H2,1H3,(H3,11,13,14). The van der Waals surface area contributed by atoms with Gasteiger partial charge in [0, 0.05) is 24.5 Å². The summed E-state index contributed by atoms with van der Waals surface area (Å²) in [7, 11) is 0. The second-order valence-corrected chi connectivity index (χ2v) is 3.23. The third-order valence-corrected chi connectivity index (χ3v) is 2.12. The van der Waals surface area contributed by atoms with Gasteiger partial charge in [-0.3, -0.25) is 4.98 Å². The monoisotopic (exact) mass is 188 g/mol. The molecule has 0 aliphatic heterocycles. The maximum Gasteiger partial charge on any atom is 0.197 e. The van der Waals surface area contributed by atoms with Gasteiger partial charge >= 0.3 is 0 Å². The minimum atomic E-state index is 0.478. The fraction of sp³-hybridized carbons (Fsp3) is 0.200. The molecule has 2 aromatic rings. The van der Waals surface area contributed by atoms with Gasteiger partial charge in [0.1, 0.15) is 0 Å². The van der Waals surface area contributed by atoms with Crippen LogP contribution < -0.4 is 5.73 Å². The number of rotatable bonds is 2. The Morgan fingerprint density at radius 2 is 2.07 bits per heavy atom. The Bertz CT molecular complexity index is 419. The summed E-state index contributed by atoms with van der Waals surface area (Å²) in [6.45, 7) is 1.97. The van der Waals surface area contributed by atoms with Crippen LogP contribution in [0.5, 0.6) is 0 Å². The van der Waals surface area contributed by atoms with Crippen molar-refractivity contribution in [3.63, 3.8) is 0 Å². The van der Waals surface area contributed by atoms with E-state index in [4.69, 9.17) is 5.73 Å². The molecule has 0 saturated carbocycles. The summed E-state index contributed by atoms with van der Waals surface area (Å²) >= 11 is 0. The Balaban J connectivity index is 2.23. The van der Waals surface area contributed by atoms with Gasteiger partial charge in [-0.05, 0) is 24.6 Å². The molecule has 2 heterocycles. The molecule has 0 fully saturated rings. The number of aryl methyl sites for hydroxylation is 1. The molecule has 2 aromatic heterocycles. The summed E-state index contributed by atoms with van der Waals surface area (Å²) in [6.07, 6.45) is 4.35. The summed E-state index contributed by atoms with van der Waals surface area (Å²) in [6, 6.07) is 3.95. The second-order valence-electron chi connectivity index (χ2n) is 3.23. The molecule has 0 unspecified atom stereocenters. The Kier molecular flexibility index (Phi) is 2.18. The predicted octanol–water partition coefficient (Wildman–Crippen LogP) is 1.29. The van der Waals surface area contributed by atoms with Crippen molar-refractivity contribution in [2.45, 2.75) is 13.3 Å². The van der Waals surface area contributed by atoms with Crippen molar-refractivity contribution in [1.29, 1.82) is 0 Å². The lowest BCUT2D eigenvalue weighted by molar-refractivity contribution is 1.07. The normalized spacial score (nSPS) is 10.4. The van der Waals surface area contributed by atoms with E-state index in [0.717, 1.165) is 17.8 Å². The molecule has 0 bridgehead atoms. The molecule has 2 rings (SSSR count). The first kappa shape index (κ1) is 8.74. The van der Waals surface area contributed by atoms with E-state index in [0.29, 0.717) is 5.95 Å². The van der Waals surface area contributed by atoms with E-state index in [-0.39, 0.29) is 0 Å². The molecule has 4 heteroatoms. The SMILES string of the molecule is Cc1[nH]c(N)nc1Cc1ccncc1. The van der Waals surface area contributed by atoms with Crippen LogP contribution in [0.25, 0.3) is 0 Å². The highest BCUT2D eigenvalue weighted by Gasteiger charge is 2.04. The van der Waals surface area contributed by atoms with E-state index in [9.17, 15) is 0 Å². The smallest absolute Gasteiger partial charge is 0.197 e. The third-order valence-electron chi connectivity index (χ3n) is 2.12. The van der Waals surface area contributed by atoms with Crippen molar-refractivity contribution < 1.29 is 0 Å². The van der Waals surface area contributed by atoms with Gasteiger partial charge in [-0.25, -0.2) is 4.98 Å². The number of aromatic nitrogens is 3. The van der Waals surface area contributed by atoms with Crippen molar-refractivity contribution in [1.82, 2.24) is 15.0 Å². The van der Waals surface area contributed by atoms with Gasteiger partial charge in [-0.2, -0.15) is 0 Å². The minimum Gasteiger partial charge on any atom is -0.369 e. The van der Waals surface area contributed by atoms with Gasteiger partial charge < -0.3 is 10.7 Å². The van der Waals surface area contributed by atoms with E-state index < -0.39 is 0 Å². The predicted molar refractivity (Wildman–Crippen MR) is 54.8 cm³/mol. The van der Waals surface area contributed by atoms with Crippen LogP contribution in [-0.2, 0) is 6.42 Å². The van der Waals surface area contributed by atoms with Crippen molar-refractivity contribution in [2.75, 3.05) is 5.73 Å². The first-order chi connectivity index (χ1) is 6.75. The van der Waals surface area contributed by atoms with Gasteiger partial charge in [-0.1, -0.05) is 0 Å². The zero-order valence-corrected chi connectivity index (χ0v) is 7.99. The number of pyridine rings is 1. The quantitative estimate of drug-likeness (QED) is 0.746. The van der Waals surface area contributed by atoms with E-state index in [1.54, 1.807) is 12.4 Å². The van der Waals surface area contributed by atoms with E-state index in [2.05, 4.69) is 15.0 Å². The Morgan fingerprint density at radius 1 is 1.36 bits per heavy atom. The molecular weight excluding hydrogens is 176 g/mol. The van der Waals surface area contributed by atoms with Crippen LogP contribution in [0.15, 0.2) is 24.5 Å². The van der Waals surface area contributed by atoms with Gasteiger partial charge in [0.25, 0.3) is 0 Å². The molecule has 0 aromatic carbocycles. The summed E-state index contributed by atoms with van der Waals surface area (Å²) in [5.41, 5.74) is 8.76. The van der Waals surface area contributed by atoms with Gasteiger partial charge in [-0.15, -0.1) is 0 Å². The van der Waals surface area contributed by atoms with Gasteiger partial charge in [0.2, 0.25) is 0 Å². The van der Waals surface area contributed by atoms with Crippen LogP contribution in [0.4, 0.5) is 5.95 Å². The Morgan fingerprint density at radius 3 is 2.64 bits per heavy atom.